The van der Waals surface area contributed by atoms with Crippen molar-refractivity contribution in [3.05, 3.63) is 84.3 Å². The molecule has 1 amide bonds. The van der Waals surface area contributed by atoms with Crippen LogP contribution in [0.2, 0.25) is 0 Å². The highest BCUT2D eigenvalue weighted by molar-refractivity contribution is 7.98. The number of pyridine rings is 1. The zero-order chi connectivity index (χ0) is 18.2. The number of hydrogen-bond donors (Lipinski definition) is 1. The number of anilines is 1. The average Bonchev–Trinajstić information content (AvgIpc) is 2.67. The first-order chi connectivity index (χ1) is 12.7. The standard InChI is InChI=1S/C20H17FN2O2S/c21-16-7-9-18(10-8-16)25-13-19(24)23-17-5-3-4-15(12-17)14-26-20-6-1-2-11-22-20/h1-12H,13-14H2,(H,23,24). The van der Waals surface area contributed by atoms with Crippen LogP contribution in [-0.2, 0) is 10.5 Å². The Bertz CT molecular complexity index is 857. The second-order valence-electron chi connectivity index (χ2n) is 5.45. The van der Waals surface area contributed by atoms with Crippen molar-refractivity contribution in [3.63, 3.8) is 0 Å². The van der Waals surface area contributed by atoms with E-state index >= 15 is 0 Å². The fourth-order valence-corrected chi connectivity index (χ4v) is 3.01. The van der Waals surface area contributed by atoms with Crippen molar-refractivity contribution in [1.82, 2.24) is 4.98 Å². The van der Waals surface area contributed by atoms with E-state index in [9.17, 15) is 9.18 Å². The lowest BCUT2D eigenvalue weighted by molar-refractivity contribution is -0.118. The molecule has 1 N–H and O–H groups in total. The summed E-state index contributed by atoms with van der Waals surface area (Å²) < 4.78 is 18.2. The number of hydrogen-bond acceptors (Lipinski definition) is 4. The fraction of sp³-hybridized carbons (Fsp3) is 0.100. The number of nitrogens with one attached hydrogen (secondary N) is 1. The van der Waals surface area contributed by atoms with Gasteiger partial charge in [0, 0.05) is 17.6 Å². The van der Waals surface area contributed by atoms with Gasteiger partial charge in [-0.3, -0.25) is 4.79 Å². The maximum atomic E-state index is 12.8. The molecule has 0 spiro atoms. The summed E-state index contributed by atoms with van der Waals surface area (Å²) in [5.41, 5.74) is 1.79. The van der Waals surface area contributed by atoms with E-state index in [-0.39, 0.29) is 18.3 Å². The first-order valence-corrected chi connectivity index (χ1v) is 8.98. The smallest absolute Gasteiger partial charge is 0.262 e. The molecule has 0 saturated carbocycles. The van der Waals surface area contributed by atoms with E-state index in [1.807, 2.05) is 42.5 Å². The van der Waals surface area contributed by atoms with Crippen molar-refractivity contribution < 1.29 is 13.9 Å². The summed E-state index contributed by atoms with van der Waals surface area (Å²) in [6.45, 7) is -0.140. The van der Waals surface area contributed by atoms with Gasteiger partial charge in [-0.15, -0.1) is 11.8 Å². The summed E-state index contributed by atoms with van der Waals surface area (Å²) >= 11 is 1.63. The molecule has 1 heterocycles. The SMILES string of the molecule is O=C(COc1ccc(F)cc1)Nc1cccc(CSc2ccccn2)c1. The van der Waals surface area contributed by atoms with Crippen molar-refractivity contribution in [1.29, 1.82) is 0 Å². The lowest BCUT2D eigenvalue weighted by atomic mass is 10.2. The van der Waals surface area contributed by atoms with Gasteiger partial charge in [-0.2, -0.15) is 0 Å². The van der Waals surface area contributed by atoms with Gasteiger partial charge >= 0.3 is 0 Å². The van der Waals surface area contributed by atoms with E-state index in [1.54, 1.807) is 18.0 Å². The first kappa shape index (κ1) is 17.9. The molecule has 0 atom stereocenters. The van der Waals surface area contributed by atoms with Gasteiger partial charge in [0.2, 0.25) is 0 Å². The van der Waals surface area contributed by atoms with Crippen LogP contribution in [0.4, 0.5) is 10.1 Å². The molecule has 4 nitrogen and oxygen atoms in total. The molecule has 3 rings (SSSR count). The highest BCUT2D eigenvalue weighted by atomic mass is 32.2. The molecule has 26 heavy (non-hydrogen) atoms. The van der Waals surface area contributed by atoms with Crippen LogP contribution in [0.1, 0.15) is 5.56 Å². The van der Waals surface area contributed by atoms with Crippen molar-refractivity contribution in [3.8, 4) is 5.75 Å². The third-order valence-corrected chi connectivity index (χ3v) is 4.43. The van der Waals surface area contributed by atoms with Crippen molar-refractivity contribution in [2.24, 2.45) is 0 Å². The predicted molar refractivity (Wildman–Crippen MR) is 101 cm³/mol. The molecule has 1 aromatic heterocycles. The van der Waals surface area contributed by atoms with Crippen molar-refractivity contribution in [2.75, 3.05) is 11.9 Å². The van der Waals surface area contributed by atoms with Gasteiger partial charge in [0.15, 0.2) is 6.61 Å². The topological polar surface area (TPSA) is 51.2 Å². The minimum absolute atomic E-state index is 0.140. The van der Waals surface area contributed by atoms with Gasteiger partial charge in [-0.1, -0.05) is 18.2 Å². The quantitative estimate of drug-likeness (QED) is 0.623. The normalized spacial score (nSPS) is 10.3. The number of amides is 1. The van der Waals surface area contributed by atoms with Gasteiger partial charge in [-0.05, 0) is 54.1 Å². The molecule has 0 aliphatic rings. The number of halogens is 1. The predicted octanol–water partition coefficient (Wildman–Crippen LogP) is 4.53. The van der Waals surface area contributed by atoms with Crippen molar-refractivity contribution in [2.45, 2.75) is 10.8 Å². The van der Waals surface area contributed by atoms with Crippen LogP contribution >= 0.6 is 11.8 Å². The van der Waals surface area contributed by atoms with Crippen molar-refractivity contribution >= 4 is 23.4 Å². The van der Waals surface area contributed by atoms with Crippen LogP contribution in [0.5, 0.6) is 5.75 Å². The highest BCUT2D eigenvalue weighted by Crippen LogP contribution is 2.22. The number of benzene rings is 2. The van der Waals surface area contributed by atoms with E-state index in [2.05, 4.69) is 10.3 Å². The lowest BCUT2D eigenvalue weighted by Crippen LogP contribution is -2.20. The van der Waals surface area contributed by atoms with Gasteiger partial charge in [-0.25, -0.2) is 9.37 Å². The van der Waals surface area contributed by atoms with E-state index in [0.717, 1.165) is 16.3 Å². The fourth-order valence-electron chi connectivity index (χ4n) is 2.21. The molecule has 6 heteroatoms. The number of nitrogens with zero attached hydrogens (tertiary/aromatic N) is 1. The summed E-state index contributed by atoms with van der Waals surface area (Å²) in [4.78, 5) is 16.3. The third kappa shape index (κ3) is 5.60. The summed E-state index contributed by atoms with van der Waals surface area (Å²) in [6.07, 6.45) is 1.76. The van der Waals surface area contributed by atoms with E-state index in [1.165, 1.54) is 24.3 Å². The van der Waals surface area contributed by atoms with Crippen LogP contribution in [0.3, 0.4) is 0 Å². The number of carbonyl (C=O) groups is 1. The summed E-state index contributed by atoms with van der Waals surface area (Å²) in [5.74, 6) is 0.584. The van der Waals surface area contributed by atoms with E-state index in [0.29, 0.717) is 11.4 Å². The molecule has 2 aromatic carbocycles. The number of thioether (sulfide) groups is 1. The largest absolute Gasteiger partial charge is 0.484 e. The summed E-state index contributed by atoms with van der Waals surface area (Å²) in [6, 6.07) is 19.0. The van der Waals surface area contributed by atoms with Crippen LogP contribution in [0, 0.1) is 5.82 Å². The number of rotatable bonds is 7. The zero-order valence-corrected chi connectivity index (χ0v) is 14.7. The molecule has 0 radical (unpaired) electrons. The highest BCUT2D eigenvalue weighted by Gasteiger charge is 2.05. The Morgan fingerprint density at radius 2 is 1.92 bits per heavy atom. The minimum atomic E-state index is -0.345. The Kier molecular flexibility index (Phi) is 6.22. The second-order valence-corrected chi connectivity index (χ2v) is 6.44. The van der Waals surface area contributed by atoms with Gasteiger partial charge in [0.25, 0.3) is 5.91 Å². The molecule has 0 saturated heterocycles. The zero-order valence-electron chi connectivity index (χ0n) is 13.9. The van der Waals surface area contributed by atoms with Crippen LogP contribution in [0.15, 0.2) is 78.0 Å². The summed E-state index contributed by atoms with van der Waals surface area (Å²) in [7, 11) is 0. The minimum Gasteiger partial charge on any atom is -0.484 e. The molecule has 132 valence electrons. The monoisotopic (exact) mass is 368 g/mol. The molecule has 0 aliphatic carbocycles. The van der Waals surface area contributed by atoms with Crippen LogP contribution < -0.4 is 10.1 Å². The Hall–Kier alpha value is -2.86. The van der Waals surface area contributed by atoms with E-state index in [4.69, 9.17) is 4.74 Å². The molecule has 0 aliphatic heterocycles. The molecule has 0 unspecified atom stereocenters. The Morgan fingerprint density at radius 3 is 2.69 bits per heavy atom. The molecular formula is C20H17FN2O2S. The van der Waals surface area contributed by atoms with Crippen LogP contribution in [-0.4, -0.2) is 17.5 Å². The Balaban J connectivity index is 1.51. The summed E-state index contributed by atoms with van der Waals surface area (Å²) in [5, 5.41) is 3.75. The molecule has 0 fully saturated rings. The molecule has 3 aromatic rings. The maximum Gasteiger partial charge on any atom is 0.262 e. The lowest BCUT2D eigenvalue weighted by Gasteiger charge is -2.09. The molecule has 0 bridgehead atoms. The number of aromatic nitrogens is 1. The van der Waals surface area contributed by atoms with Gasteiger partial charge in [0.1, 0.15) is 11.6 Å². The van der Waals surface area contributed by atoms with Gasteiger partial charge < -0.3 is 10.1 Å². The number of carbonyl (C=O) groups excluding carboxylic acids is 1. The Morgan fingerprint density at radius 1 is 1.08 bits per heavy atom. The second kappa shape index (κ2) is 9.01. The third-order valence-electron chi connectivity index (χ3n) is 3.42. The average molecular weight is 368 g/mol. The van der Waals surface area contributed by atoms with Gasteiger partial charge in [0.05, 0.1) is 5.03 Å². The molecular weight excluding hydrogens is 351 g/mol. The number of ether oxygens (including phenoxy) is 1. The van der Waals surface area contributed by atoms with E-state index < -0.39 is 0 Å². The maximum absolute atomic E-state index is 12.8. The first-order valence-electron chi connectivity index (χ1n) is 8.00. The Labute approximate surface area is 155 Å². The van der Waals surface area contributed by atoms with Crippen LogP contribution in [0.25, 0.3) is 0 Å².